The third kappa shape index (κ3) is 5.88. The van der Waals surface area contributed by atoms with E-state index in [1.54, 1.807) is 13.0 Å². The monoisotopic (exact) mass is 302 g/mol. The Morgan fingerprint density at radius 1 is 1.45 bits per heavy atom. The second kappa shape index (κ2) is 9.46. The normalized spacial score (nSPS) is 11.1. The fourth-order valence-electron chi connectivity index (χ4n) is 1.85. The molecule has 0 heterocycles. The molecular weight excluding hydrogens is 280 g/mol. The van der Waals surface area contributed by atoms with Crippen molar-refractivity contribution in [3.05, 3.63) is 36.4 Å². The summed E-state index contributed by atoms with van der Waals surface area (Å²) in [4.78, 5) is 11.7. The number of hydrogen-bond acceptors (Lipinski definition) is 4. The van der Waals surface area contributed by atoms with Crippen molar-refractivity contribution < 1.29 is 14.3 Å². The van der Waals surface area contributed by atoms with E-state index in [2.05, 4.69) is 11.9 Å². The van der Waals surface area contributed by atoms with Crippen LogP contribution in [0.2, 0.25) is 0 Å². The molecule has 0 aliphatic rings. The van der Waals surface area contributed by atoms with Gasteiger partial charge in [0.05, 0.1) is 12.7 Å². The van der Waals surface area contributed by atoms with Crippen LogP contribution in [0, 0.1) is 11.3 Å². The summed E-state index contributed by atoms with van der Waals surface area (Å²) in [6.07, 6.45) is 2.57. The molecule has 0 saturated heterocycles. The Kier molecular flexibility index (Phi) is 7.55. The summed E-state index contributed by atoms with van der Waals surface area (Å²) in [5.41, 5.74) is 0.981. The number of rotatable bonds is 9. The van der Waals surface area contributed by atoms with Gasteiger partial charge in [0.25, 0.3) is 0 Å². The summed E-state index contributed by atoms with van der Waals surface area (Å²) in [6.45, 7) is 8.11. The maximum absolute atomic E-state index is 11.7. The van der Waals surface area contributed by atoms with Crippen LogP contribution in [0.1, 0.15) is 25.8 Å². The van der Waals surface area contributed by atoms with Crippen LogP contribution in [0.5, 0.6) is 11.5 Å². The van der Waals surface area contributed by atoms with Crippen molar-refractivity contribution in [3.63, 3.8) is 0 Å². The molecule has 0 radical (unpaired) electrons. The first kappa shape index (κ1) is 17.6. The molecular formula is C17H22N2O3. The van der Waals surface area contributed by atoms with E-state index in [0.717, 1.165) is 5.56 Å². The third-order valence-electron chi connectivity index (χ3n) is 2.88. The van der Waals surface area contributed by atoms with Crippen LogP contribution in [-0.2, 0) is 11.2 Å². The Bertz CT molecular complexity index is 549. The van der Waals surface area contributed by atoms with E-state index in [1.807, 2.05) is 31.2 Å². The van der Waals surface area contributed by atoms with Gasteiger partial charge in [-0.15, -0.1) is 0 Å². The average molecular weight is 302 g/mol. The second-order valence-electron chi connectivity index (χ2n) is 4.73. The number of hydrogen-bond donors (Lipinski definition) is 1. The number of carbonyl (C=O) groups excluding carboxylic acids is 1. The molecule has 0 bridgehead atoms. The largest absolute Gasteiger partial charge is 0.490 e. The summed E-state index contributed by atoms with van der Waals surface area (Å²) in [5.74, 6) is 1.18. The fraction of sp³-hybridized carbons (Fsp3) is 0.412. The van der Waals surface area contributed by atoms with Crippen molar-refractivity contribution in [1.29, 1.82) is 5.26 Å². The minimum Gasteiger partial charge on any atom is -0.490 e. The number of amides is 1. The van der Waals surface area contributed by atoms with Gasteiger partial charge in [0.1, 0.15) is 12.6 Å². The summed E-state index contributed by atoms with van der Waals surface area (Å²) in [5, 5.41) is 11.3. The predicted octanol–water partition coefficient (Wildman–Crippen LogP) is 2.61. The number of carbonyl (C=O) groups is 1. The lowest BCUT2D eigenvalue weighted by atomic mass is 10.1. The molecule has 22 heavy (non-hydrogen) atoms. The molecule has 1 aromatic rings. The molecule has 118 valence electrons. The van der Waals surface area contributed by atoms with E-state index in [1.165, 1.54) is 0 Å². The van der Waals surface area contributed by atoms with Crippen LogP contribution in [0.3, 0.4) is 0 Å². The van der Waals surface area contributed by atoms with Gasteiger partial charge in [-0.2, -0.15) is 5.26 Å². The highest BCUT2D eigenvalue weighted by Crippen LogP contribution is 2.29. The van der Waals surface area contributed by atoms with E-state index in [4.69, 9.17) is 14.7 Å². The lowest BCUT2D eigenvalue weighted by molar-refractivity contribution is -0.121. The quantitative estimate of drug-likeness (QED) is 0.712. The molecule has 1 rings (SSSR count). The number of benzene rings is 1. The van der Waals surface area contributed by atoms with Crippen LogP contribution in [0.25, 0.3) is 0 Å². The smallest absolute Gasteiger partial charge is 0.221 e. The molecule has 1 amide bonds. The number of ether oxygens (including phenoxy) is 2. The Hall–Kier alpha value is -2.48. The zero-order chi connectivity index (χ0) is 16.4. The molecule has 5 heteroatoms. The number of nitriles is 1. The van der Waals surface area contributed by atoms with Crippen LogP contribution >= 0.6 is 0 Å². The van der Waals surface area contributed by atoms with Crippen molar-refractivity contribution in [3.8, 4) is 17.6 Å². The van der Waals surface area contributed by atoms with Crippen molar-refractivity contribution in [2.75, 3.05) is 13.2 Å². The van der Waals surface area contributed by atoms with Crippen molar-refractivity contribution >= 4 is 5.91 Å². The van der Waals surface area contributed by atoms with Crippen LogP contribution in [0.4, 0.5) is 0 Å². The highest BCUT2D eigenvalue weighted by molar-refractivity contribution is 5.76. The first-order chi connectivity index (χ1) is 10.6. The number of aryl methyl sites for hydroxylation is 1. The Morgan fingerprint density at radius 2 is 2.23 bits per heavy atom. The predicted molar refractivity (Wildman–Crippen MR) is 84.8 cm³/mol. The van der Waals surface area contributed by atoms with Gasteiger partial charge in [0.2, 0.25) is 5.91 Å². The van der Waals surface area contributed by atoms with Gasteiger partial charge in [-0.05, 0) is 38.0 Å². The Balaban J connectivity index is 2.67. The van der Waals surface area contributed by atoms with Crippen LogP contribution in [0.15, 0.2) is 30.9 Å². The van der Waals surface area contributed by atoms with Crippen molar-refractivity contribution in [2.24, 2.45) is 0 Å². The van der Waals surface area contributed by atoms with Gasteiger partial charge in [-0.1, -0.05) is 18.7 Å². The van der Waals surface area contributed by atoms with Gasteiger partial charge in [0.15, 0.2) is 11.5 Å². The van der Waals surface area contributed by atoms with E-state index in [9.17, 15) is 4.79 Å². The molecule has 0 spiro atoms. The topological polar surface area (TPSA) is 71.3 Å². The van der Waals surface area contributed by atoms with E-state index in [0.29, 0.717) is 37.6 Å². The zero-order valence-electron chi connectivity index (χ0n) is 13.1. The SMILES string of the molecule is C=CCOc1ccc(CCC(=O)NC(C)C#N)cc1OCC. The molecule has 5 nitrogen and oxygen atoms in total. The molecule has 0 saturated carbocycles. The molecule has 0 aliphatic heterocycles. The first-order valence-corrected chi connectivity index (χ1v) is 7.29. The highest BCUT2D eigenvalue weighted by atomic mass is 16.5. The summed E-state index contributed by atoms with van der Waals surface area (Å²) < 4.78 is 11.1. The number of nitrogens with zero attached hydrogens (tertiary/aromatic N) is 1. The maximum Gasteiger partial charge on any atom is 0.221 e. The standard InChI is InChI=1S/C17H22N2O3/c1-4-10-22-15-8-6-14(11-16(15)21-5-2)7-9-17(20)19-13(3)12-18/h4,6,8,11,13H,1,5,7,9-10H2,2-3H3,(H,19,20). The van der Waals surface area contributed by atoms with Crippen LogP contribution < -0.4 is 14.8 Å². The first-order valence-electron chi connectivity index (χ1n) is 7.29. The van der Waals surface area contributed by atoms with Crippen molar-refractivity contribution in [2.45, 2.75) is 32.7 Å². The zero-order valence-corrected chi connectivity index (χ0v) is 13.1. The molecule has 1 aromatic carbocycles. The summed E-state index contributed by atoms with van der Waals surface area (Å²) in [6, 6.07) is 7.11. The van der Waals surface area contributed by atoms with E-state index < -0.39 is 6.04 Å². The number of nitrogens with one attached hydrogen (secondary N) is 1. The molecule has 0 fully saturated rings. The second-order valence-corrected chi connectivity index (χ2v) is 4.73. The fourth-order valence-corrected chi connectivity index (χ4v) is 1.85. The lowest BCUT2D eigenvalue weighted by Crippen LogP contribution is -2.31. The summed E-state index contributed by atoms with van der Waals surface area (Å²) in [7, 11) is 0. The van der Waals surface area contributed by atoms with Gasteiger partial charge < -0.3 is 14.8 Å². The molecule has 1 N–H and O–H groups in total. The highest BCUT2D eigenvalue weighted by Gasteiger charge is 2.09. The molecule has 1 unspecified atom stereocenters. The Morgan fingerprint density at radius 3 is 2.86 bits per heavy atom. The molecule has 0 aromatic heterocycles. The summed E-state index contributed by atoms with van der Waals surface area (Å²) >= 11 is 0. The van der Waals surface area contributed by atoms with E-state index in [-0.39, 0.29) is 5.91 Å². The molecule has 1 atom stereocenters. The average Bonchev–Trinajstić information content (AvgIpc) is 2.52. The minimum absolute atomic E-state index is 0.140. The van der Waals surface area contributed by atoms with Gasteiger partial charge in [-0.3, -0.25) is 4.79 Å². The van der Waals surface area contributed by atoms with Crippen LogP contribution in [-0.4, -0.2) is 25.2 Å². The Labute approximate surface area is 131 Å². The maximum atomic E-state index is 11.7. The van der Waals surface area contributed by atoms with Gasteiger partial charge in [-0.25, -0.2) is 0 Å². The van der Waals surface area contributed by atoms with Crippen molar-refractivity contribution in [1.82, 2.24) is 5.32 Å². The lowest BCUT2D eigenvalue weighted by Gasteiger charge is -2.12. The molecule has 0 aliphatic carbocycles. The van der Waals surface area contributed by atoms with Gasteiger partial charge in [0, 0.05) is 6.42 Å². The van der Waals surface area contributed by atoms with E-state index >= 15 is 0 Å². The third-order valence-corrected chi connectivity index (χ3v) is 2.88. The van der Waals surface area contributed by atoms with Gasteiger partial charge >= 0.3 is 0 Å². The minimum atomic E-state index is -0.471.